The van der Waals surface area contributed by atoms with Gasteiger partial charge in [-0.15, -0.1) is 0 Å². The zero-order valence-corrected chi connectivity index (χ0v) is 6.86. The number of carbonyl (C=O) groups is 3. The van der Waals surface area contributed by atoms with Gasteiger partial charge in [-0.05, 0) is 5.92 Å². The van der Waals surface area contributed by atoms with Crippen LogP contribution in [0.3, 0.4) is 0 Å². The fourth-order valence-electron chi connectivity index (χ4n) is 0.395. The van der Waals surface area contributed by atoms with Gasteiger partial charge in [0.2, 0.25) is 0 Å². The minimum absolute atomic E-state index is 0.0534. The Labute approximate surface area is 69.3 Å². The van der Waals surface area contributed by atoms with Crippen molar-refractivity contribution >= 4 is 17.7 Å². The van der Waals surface area contributed by atoms with Crippen molar-refractivity contribution in [2.75, 3.05) is 6.61 Å². The molecule has 0 amide bonds. The molecule has 0 spiro atoms. The van der Waals surface area contributed by atoms with Crippen molar-refractivity contribution in [1.29, 1.82) is 0 Å². The van der Waals surface area contributed by atoms with E-state index in [1.165, 1.54) is 0 Å². The predicted molar refractivity (Wildman–Crippen MR) is 38.4 cm³/mol. The number of ether oxygens (including phenoxy) is 1. The monoisotopic (exact) mass is 174 g/mol. The number of rotatable bonds is 4. The van der Waals surface area contributed by atoms with Crippen LogP contribution in [0.25, 0.3) is 0 Å². The Kier molecular flexibility index (Phi) is 3.96. The Morgan fingerprint density at radius 1 is 1.33 bits per heavy atom. The van der Waals surface area contributed by atoms with Gasteiger partial charge in [0.15, 0.2) is 0 Å². The molecule has 0 atom stereocenters. The highest BCUT2D eigenvalue weighted by molar-refractivity contribution is 6.59. The number of hydrogen-bond donors (Lipinski definition) is 1. The molecule has 5 nitrogen and oxygen atoms in total. The van der Waals surface area contributed by atoms with Crippen LogP contribution in [0.4, 0.5) is 0 Å². The number of Topliss-reactive ketones (excluding diaryl/α,β-unsaturated/α-hetero) is 1. The van der Waals surface area contributed by atoms with E-state index in [1.54, 1.807) is 13.8 Å². The fourth-order valence-corrected chi connectivity index (χ4v) is 0.395. The highest BCUT2D eigenvalue weighted by Gasteiger charge is 2.23. The zero-order chi connectivity index (χ0) is 9.72. The summed E-state index contributed by atoms with van der Waals surface area (Å²) in [6.07, 6.45) is 0. The van der Waals surface area contributed by atoms with E-state index in [0.29, 0.717) is 0 Å². The molecule has 0 heterocycles. The molecular weight excluding hydrogens is 164 g/mol. The number of ketones is 1. The van der Waals surface area contributed by atoms with E-state index in [9.17, 15) is 14.4 Å². The van der Waals surface area contributed by atoms with Gasteiger partial charge in [-0.25, -0.2) is 9.59 Å². The lowest BCUT2D eigenvalue weighted by molar-refractivity contribution is -0.162. The largest absolute Gasteiger partial charge is 0.475 e. The molecule has 1 N–H and O–H groups in total. The highest BCUT2D eigenvalue weighted by atomic mass is 16.5. The third kappa shape index (κ3) is 3.70. The molecular formula is C7H10O5. The molecule has 0 fully saturated rings. The molecule has 0 radical (unpaired) electrons. The molecule has 0 saturated carbocycles. The van der Waals surface area contributed by atoms with E-state index in [4.69, 9.17) is 5.11 Å². The van der Waals surface area contributed by atoms with Gasteiger partial charge in [0, 0.05) is 0 Å². The molecule has 12 heavy (non-hydrogen) atoms. The lowest BCUT2D eigenvalue weighted by Gasteiger charge is -2.03. The molecule has 0 unspecified atom stereocenters. The molecule has 0 aliphatic heterocycles. The van der Waals surface area contributed by atoms with Crippen LogP contribution >= 0.6 is 0 Å². The van der Waals surface area contributed by atoms with Crippen molar-refractivity contribution in [2.45, 2.75) is 13.8 Å². The Morgan fingerprint density at radius 2 is 1.83 bits per heavy atom. The van der Waals surface area contributed by atoms with Crippen LogP contribution in [0.2, 0.25) is 0 Å². The first-order valence-electron chi connectivity index (χ1n) is 3.39. The van der Waals surface area contributed by atoms with Gasteiger partial charge in [-0.3, -0.25) is 4.79 Å². The second-order valence-corrected chi connectivity index (χ2v) is 2.63. The maximum atomic E-state index is 10.5. The quantitative estimate of drug-likeness (QED) is 0.364. The predicted octanol–water partition coefficient (Wildman–Crippen LogP) is -0.161. The second-order valence-electron chi connectivity index (χ2n) is 2.63. The topological polar surface area (TPSA) is 80.7 Å². The van der Waals surface area contributed by atoms with Crippen LogP contribution in [0.15, 0.2) is 0 Å². The molecule has 0 rings (SSSR count). The van der Waals surface area contributed by atoms with E-state index in [-0.39, 0.29) is 12.5 Å². The van der Waals surface area contributed by atoms with Crippen LogP contribution in [-0.4, -0.2) is 29.4 Å². The van der Waals surface area contributed by atoms with Crippen molar-refractivity contribution in [3.8, 4) is 0 Å². The highest BCUT2D eigenvalue weighted by Crippen LogP contribution is 1.93. The smallest absolute Gasteiger partial charge is 0.386 e. The lowest BCUT2D eigenvalue weighted by atomic mass is 10.2. The normalized spacial score (nSPS) is 9.58. The first-order chi connectivity index (χ1) is 5.45. The third-order valence-electron chi connectivity index (χ3n) is 0.927. The minimum Gasteiger partial charge on any atom is -0.475 e. The lowest BCUT2D eigenvalue weighted by Crippen LogP contribution is -2.26. The Bertz CT molecular complexity index is 206. The summed E-state index contributed by atoms with van der Waals surface area (Å²) >= 11 is 0. The SMILES string of the molecule is CC(C)COC(=O)C(=O)C(=O)O. The van der Waals surface area contributed by atoms with Gasteiger partial charge in [-0.2, -0.15) is 0 Å². The van der Waals surface area contributed by atoms with E-state index < -0.39 is 17.7 Å². The minimum atomic E-state index is -1.79. The molecule has 68 valence electrons. The zero-order valence-electron chi connectivity index (χ0n) is 6.86. The number of aliphatic carboxylic acids is 1. The first kappa shape index (κ1) is 10.6. The Hall–Kier alpha value is -1.39. The Morgan fingerprint density at radius 3 is 2.17 bits per heavy atom. The average molecular weight is 174 g/mol. The molecule has 0 aromatic rings. The van der Waals surface area contributed by atoms with Crippen LogP contribution in [0, 0.1) is 5.92 Å². The van der Waals surface area contributed by atoms with Gasteiger partial charge in [0.05, 0.1) is 6.61 Å². The van der Waals surface area contributed by atoms with Crippen LogP contribution in [0.1, 0.15) is 13.8 Å². The summed E-state index contributed by atoms with van der Waals surface area (Å²) < 4.78 is 4.36. The molecule has 5 heteroatoms. The molecule has 0 bridgehead atoms. The van der Waals surface area contributed by atoms with Crippen molar-refractivity contribution < 1.29 is 24.2 Å². The van der Waals surface area contributed by atoms with Crippen LogP contribution in [0.5, 0.6) is 0 Å². The number of carboxylic acids is 1. The average Bonchev–Trinajstić information content (AvgIpc) is 1.98. The summed E-state index contributed by atoms with van der Waals surface area (Å²) in [5.41, 5.74) is 0. The summed E-state index contributed by atoms with van der Waals surface area (Å²) in [6.45, 7) is 3.61. The molecule has 0 aliphatic carbocycles. The van der Waals surface area contributed by atoms with Gasteiger partial charge in [-0.1, -0.05) is 13.8 Å². The van der Waals surface area contributed by atoms with Crippen molar-refractivity contribution in [2.24, 2.45) is 5.92 Å². The molecule has 0 aromatic heterocycles. The van der Waals surface area contributed by atoms with Crippen LogP contribution in [-0.2, 0) is 19.1 Å². The maximum absolute atomic E-state index is 10.5. The second kappa shape index (κ2) is 4.48. The summed E-state index contributed by atoms with van der Waals surface area (Å²) in [7, 11) is 0. The van der Waals surface area contributed by atoms with E-state index in [0.717, 1.165) is 0 Å². The van der Waals surface area contributed by atoms with Crippen molar-refractivity contribution in [1.82, 2.24) is 0 Å². The van der Waals surface area contributed by atoms with E-state index in [1.807, 2.05) is 0 Å². The molecule has 0 aliphatic rings. The van der Waals surface area contributed by atoms with Crippen molar-refractivity contribution in [3.05, 3.63) is 0 Å². The van der Waals surface area contributed by atoms with Crippen LogP contribution < -0.4 is 0 Å². The first-order valence-corrected chi connectivity index (χ1v) is 3.39. The van der Waals surface area contributed by atoms with Gasteiger partial charge in [0.25, 0.3) is 0 Å². The van der Waals surface area contributed by atoms with Crippen molar-refractivity contribution in [3.63, 3.8) is 0 Å². The van der Waals surface area contributed by atoms with Gasteiger partial charge >= 0.3 is 17.7 Å². The maximum Gasteiger partial charge on any atom is 0.386 e. The Balaban J connectivity index is 3.89. The van der Waals surface area contributed by atoms with E-state index in [2.05, 4.69) is 4.74 Å². The van der Waals surface area contributed by atoms with Gasteiger partial charge in [0.1, 0.15) is 0 Å². The van der Waals surface area contributed by atoms with E-state index >= 15 is 0 Å². The summed E-state index contributed by atoms with van der Waals surface area (Å²) in [6, 6.07) is 0. The summed E-state index contributed by atoms with van der Waals surface area (Å²) in [5, 5.41) is 8.07. The molecule has 0 saturated heterocycles. The summed E-state index contributed by atoms with van der Waals surface area (Å²) in [5.74, 6) is -4.55. The number of carboxylic acid groups (broad SMARTS) is 1. The fraction of sp³-hybridized carbons (Fsp3) is 0.571. The third-order valence-corrected chi connectivity index (χ3v) is 0.927. The number of esters is 1. The number of hydrogen-bond acceptors (Lipinski definition) is 4. The van der Waals surface area contributed by atoms with Gasteiger partial charge < -0.3 is 9.84 Å². The number of carbonyl (C=O) groups excluding carboxylic acids is 2. The summed E-state index contributed by atoms with van der Waals surface area (Å²) in [4.78, 5) is 30.9. The molecule has 0 aromatic carbocycles. The standard InChI is InChI=1S/C7H10O5/c1-4(2)3-12-7(11)5(8)6(9)10/h4H,3H2,1-2H3,(H,9,10).